The van der Waals surface area contributed by atoms with Gasteiger partial charge in [-0.2, -0.15) is 0 Å². The minimum absolute atomic E-state index is 0.418. The Kier molecular flexibility index (Phi) is 7.18. The Balaban J connectivity index is 1.33. The van der Waals surface area contributed by atoms with Gasteiger partial charge in [0.25, 0.3) is 0 Å². The van der Waals surface area contributed by atoms with Crippen molar-refractivity contribution in [3.05, 3.63) is 127 Å². The third kappa shape index (κ3) is 5.15. The molecule has 0 fully saturated rings. The van der Waals surface area contributed by atoms with E-state index in [0.29, 0.717) is 21.4 Å². The maximum atomic E-state index is 4.91. The van der Waals surface area contributed by atoms with Gasteiger partial charge in [-0.15, -0.1) is 0 Å². The molecule has 196 valence electrons. The van der Waals surface area contributed by atoms with Crippen LogP contribution >= 0.6 is 0 Å². The van der Waals surface area contributed by atoms with E-state index in [1.165, 1.54) is 27.2 Å². The molecular weight excluding hydrogens is 503 g/mol. The first-order chi connectivity index (χ1) is 19.5. The fourth-order valence-electron chi connectivity index (χ4n) is 5.37. The Labute approximate surface area is 239 Å². The molecule has 0 N–H and O–H groups in total. The van der Waals surface area contributed by atoms with E-state index >= 15 is 0 Å². The summed E-state index contributed by atoms with van der Waals surface area (Å²) in [5.74, 6) is 1.82. The first kappa shape index (κ1) is 26.0. The number of imidazole rings is 1. The van der Waals surface area contributed by atoms with Gasteiger partial charge in [0.05, 0.1) is 16.9 Å². The number of nitrogens with zero attached hydrogens (tertiary/aromatic N) is 3. The van der Waals surface area contributed by atoms with Gasteiger partial charge in [0.2, 0.25) is 0 Å². The molecule has 6 aromatic rings. The number of aromatic nitrogens is 3. The molecule has 4 aromatic carbocycles. The third-order valence-corrected chi connectivity index (χ3v) is 8.59. The van der Waals surface area contributed by atoms with Crippen LogP contribution in [-0.2, 0) is 0 Å². The molecule has 2 heterocycles. The van der Waals surface area contributed by atoms with E-state index in [9.17, 15) is 0 Å². The average molecular weight is 536 g/mol. The summed E-state index contributed by atoms with van der Waals surface area (Å²) in [5, 5.41) is 3.74. The summed E-state index contributed by atoms with van der Waals surface area (Å²) in [7, 11) is 0.536. The largest absolute Gasteiger partial charge is 0.299 e. The molecule has 0 atom stereocenters. The number of pyridine rings is 1. The van der Waals surface area contributed by atoms with E-state index < -0.39 is 0 Å². The molecule has 40 heavy (non-hydrogen) atoms. The van der Waals surface area contributed by atoms with Crippen molar-refractivity contribution >= 4 is 30.8 Å². The molecule has 0 aliphatic heterocycles. The fraction of sp³-hybridized carbons (Fsp3) is 0.167. The quantitative estimate of drug-likeness (QED) is 0.197. The van der Waals surface area contributed by atoms with Gasteiger partial charge in [-0.05, 0) is 35.1 Å². The number of para-hydroxylation sites is 2. The van der Waals surface area contributed by atoms with E-state index in [4.69, 9.17) is 9.97 Å². The Hall–Kier alpha value is -4.28. The number of hydrogen-bond acceptors (Lipinski definition) is 2. The zero-order valence-electron chi connectivity index (χ0n) is 23.5. The Morgan fingerprint density at radius 3 is 2.02 bits per heavy atom. The molecule has 0 saturated heterocycles. The molecule has 2 radical (unpaired) electrons. The number of hydrogen-bond donors (Lipinski definition) is 0. The van der Waals surface area contributed by atoms with Crippen molar-refractivity contribution in [1.29, 1.82) is 0 Å². The van der Waals surface area contributed by atoms with Crippen molar-refractivity contribution in [2.45, 2.75) is 39.5 Å². The first-order valence-corrected chi connectivity index (χ1v) is 15.0. The van der Waals surface area contributed by atoms with Gasteiger partial charge in [-0.25, -0.2) is 9.97 Å². The summed E-state index contributed by atoms with van der Waals surface area (Å²) in [6.07, 6.45) is 4.03. The van der Waals surface area contributed by atoms with E-state index in [-0.39, 0.29) is 0 Å². The highest BCUT2D eigenvalue weighted by atomic mass is 28.2. The first-order valence-electron chi connectivity index (χ1n) is 14.0. The van der Waals surface area contributed by atoms with E-state index in [1.807, 2.05) is 12.3 Å². The van der Waals surface area contributed by atoms with Gasteiger partial charge in [0, 0.05) is 28.9 Å². The minimum atomic E-state index is 0.418. The van der Waals surface area contributed by atoms with Crippen molar-refractivity contribution in [1.82, 2.24) is 14.5 Å². The molecule has 6 rings (SSSR count). The molecule has 0 unspecified atom stereocenters. The van der Waals surface area contributed by atoms with Crippen LogP contribution in [0, 0.1) is 0 Å². The standard InChI is InChI=1S/C36H33N3Si/c1-24(2)31-15-9-16-32(25(3)4)35(31)39-21-20-37-36(39)28-12-8-14-30(23-28)40-29-13-7-11-27(22-29)34-19-18-26-10-5-6-17-33(26)38-34/h5-25H,1-4H3. The normalized spacial score (nSPS) is 11.6. The van der Waals surface area contributed by atoms with Crippen LogP contribution in [-0.4, -0.2) is 24.1 Å². The van der Waals surface area contributed by atoms with Crippen molar-refractivity contribution < 1.29 is 0 Å². The summed E-state index contributed by atoms with van der Waals surface area (Å²) >= 11 is 0. The van der Waals surface area contributed by atoms with E-state index in [2.05, 4.69) is 136 Å². The monoisotopic (exact) mass is 535 g/mol. The highest BCUT2D eigenvalue weighted by molar-refractivity contribution is 6.67. The Morgan fingerprint density at radius 2 is 1.30 bits per heavy atom. The molecule has 0 spiro atoms. The Morgan fingerprint density at radius 1 is 0.650 bits per heavy atom. The molecule has 3 nitrogen and oxygen atoms in total. The van der Waals surface area contributed by atoms with Gasteiger partial charge in [-0.3, -0.25) is 4.57 Å². The molecule has 0 aliphatic carbocycles. The third-order valence-electron chi connectivity index (χ3n) is 7.39. The lowest BCUT2D eigenvalue weighted by atomic mass is 9.92. The molecule has 4 heteroatoms. The smallest absolute Gasteiger partial charge is 0.144 e. The lowest BCUT2D eigenvalue weighted by Crippen LogP contribution is -2.27. The number of rotatable bonds is 7. The van der Waals surface area contributed by atoms with Gasteiger partial charge in [0.1, 0.15) is 15.3 Å². The summed E-state index contributed by atoms with van der Waals surface area (Å²) < 4.78 is 2.29. The fourth-order valence-corrected chi connectivity index (χ4v) is 6.52. The predicted molar refractivity (Wildman–Crippen MR) is 169 cm³/mol. The van der Waals surface area contributed by atoms with Crippen LogP contribution in [0.4, 0.5) is 0 Å². The van der Waals surface area contributed by atoms with Crippen LogP contribution in [0.2, 0.25) is 0 Å². The van der Waals surface area contributed by atoms with Gasteiger partial charge >= 0.3 is 0 Å². The van der Waals surface area contributed by atoms with Gasteiger partial charge < -0.3 is 0 Å². The SMILES string of the molecule is CC(C)c1cccc(C(C)C)c1-n1ccnc1-c1cccc([Si]c2cccc(-c3ccc4ccccc4n3)c2)c1. The van der Waals surface area contributed by atoms with Crippen LogP contribution in [0.25, 0.3) is 39.2 Å². The molecule has 0 saturated carbocycles. The second-order valence-corrected chi connectivity index (χ2v) is 12.3. The van der Waals surface area contributed by atoms with Crippen LogP contribution in [0.15, 0.2) is 116 Å². The molecule has 0 bridgehead atoms. The zero-order chi connectivity index (χ0) is 27.6. The van der Waals surface area contributed by atoms with Crippen LogP contribution < -0.4 is 10.4 Å². The van der Waals surface area contributed by atoms with Crippen LogP contribution in [0.5, 0.6) is 0 Å². The lowest BCUT2D eigenvalue weighted by Gasteiger charge is -2.22. The molecule has 0 aliphatic rings. The van der Waals surface area contributed by atoms with E-state index in [1.54, 1.807) is 0 Å². The highest BCUT2D eigenvalue weighted by Gasteiger charge is 2.18. The van der Waals surface area contributed by atoms with Gasteiger partial charge in [-0.1, -0.05) is 129 Å². The van der Waals surface area contributed by atoms with Crippen LogP contribution in [0.1, 0.15) is 50.7 Å². The predicted octanol–water partition coefficient (Wildman–Crippen LogP) is 7.66. The second-order valence-electron chi connectivity index (χ2n) is 10.9. The lowest BCUT2D eigenvalue weighted by molar-refractivity contribution is 0.807. The molecular formula is C36H33N3Si. The molecule has 2 aromatic heterocycles. The Bertz CT molecular complexity index is 1770. The maximum absolute atomic E-state index is 4.91. The van der Waals surface area contributed by atoms with Crippen molar-refractivity contribution in [3.63, 3.8) is 0 Å². The van der Waals surface area contributed by atoms with Crippen molar-refractivity contribution in [3.8, 4) is 28.3 Å². The topological polar surface area (TPSA) is 30.7 Å². The summed E-state index contributed by atoms with van der Waals surface area (Å²) in [6, 6.07) is 36.9. The number of benzene rings is 4. The minimum Gasteiger partial charge on any atom is -0.299 e. The van der Waals surface area contributed by atoms with Crippen molar-refractivity contribution in [2.75, 3.05) is 0 Å². The van der Waals surface area contributed by atoms with Gasteiger partial charge in [0.15, 0.2) is 0 Å². The zero-order valence-corrected chi connectivity index (χ0v) is 24.5. The maximum Gasteiger partial charge on any atom is 0.144 e. The molecule has 0 amide bonds. The summed E-state index contributed by atoms with van der Waals surface area (Å²) in [4.78, 5) is 9.76. The van der Waals surface area contributed by atoms with E-state index in [0.717, 1.165) is 33.5 Å². The average Bonchev–Trinajstić information content (AvgIpc) is 3.46. The van der Waals surface area contributed by atoms with Crippen molar-refractivity contribution in [2.24, 2.45) is 0 Å². The van der Waals surface area contributed by atoms with Crippen LogP contribution in [0.3, 0.4) is 0 Å². The highest BCUT2D eigenvalue weighted by Crippen LogP contribution is 2.33. The second kappa shape index (κ2) is 11.1. The number of fused-ring (bicyclic) bond motifs is 1. The summed E-state index contributed by atoms with van der Waals surface area (Å²) in [6.45, 7) is 9.07. The summed E-state index contributed by atoms with van der Waals surface area (Å²) in [5.41, 5.74) is 8.28.